The lowest BCUT2D eigenvalue weighted by Gasteiger charge is -2.06. The van der Waals surface area contributed by atoms with Crippen molar-refractivity contribution in [2.75, 3.05) is 6.54 Å². The van der Waals surface area contributed by atoms with Crippen molar-refractivity contribution in [1.82, 2.24) is 5.32 Å². The van der Waals surface area contributed by atoms with Gasteiger partial charge in [0.15, 0.2) is 0 Å². The fourth-order valence-electron chi connectivity index (χ4n) is 1.21. The van der Waals surface area contributed by atoms with Crippen molar-refractivity contribution in [3.63, 3.8) is 0 Å². The molecule has 0 heterocycles. The molecule has 0 aliphatic heterocycles. The molecule has 2 N–H and O–H groups in total. The third kappa shape index (κ3) is 4.11. The van der Waals surface area contributed by atoms with E-state index in [1.54, 1.807) is 31.2 Å². The molecule has 1 aromatic rings. The molecule has 0 aliphatic carbocycles. The second-order valence-corrected chi connectivity index (χ2v) is 3.64. The van der Waals surface area contributed by atoms with E-state index in [4.69, 9.17) is 10.4 Å². The van der Waals surface area contributed by atoms with Gasteiger partial charge in [0, 0.05) is 6.54 Å². The Balaban J connectivity index is 2.47. The second-order valence-electron chi connectivity index (χ2n) is 3.64. The van der Waals surface area contributed by atoms with Gasteiger partial charge in [-0.3, -0.25) is 4.79 Å². The van der Waals surface area contributed by atoms with Gasteiger partial charge >= 0.3 is 0 Å². The van der Waals surface area contributed by atoms with Crippen molar-refractivity contribution in [1.29, 1.82) is 5.26 Å². The van der Waals surface area contributed by atoms with Gasteiger partial charge in [-0.1, -0.05) is 12.1 Å². The van der Waals surface area contributed by atoms with Crippen LogP contribution in [0, 0.1) is 11.3 Å². The summed E-state index contributed by atoms with van der Waals surface area (Å²) in [7, 11) is 0. The van der Waals surface area contributed by atoms with Gasteiger partial charge in [-0.2, -0.15) is 5.26 Å². The normalized spacial score (nSPS) is 11.6. The summed E-state index contributed by atoms with van der Waals surface area (Å²) in [5.41, 5.74) is 1.43. The SMILES string of the molecule is CC(O)CNC(=O)Cc1ccc(C#N)cc1. The molecule has 1 rings (SSSR count). The van der Waals surface area contributed by atoms with Crippen LogP contribution in [0.2, 0.25) is 0 Å². The molecule has 84 valence electrons. The maximum absolute atomic E-state index is 11.4. The predicted molar refractivity (Wildman–Crippen MR) is 59.6 cm³/mol. The summed E-state index contributed by atoms with van der Waals surface area (Å²) < 4.78 is 0. The number of benzene rings is 1. The quantitative estimate of drug-likeness (QED) is 0.777. The summed E-state index contributed by atoms with van der Waals surface area (Å²) in [6.07, 6.45) is -0.275. The zero-order chi connectivity index (χ0) is 12.0. The Bertz CT molecular complexity index is 390. The Morgan fingerprint density at radius 2 is 2.12 bits per heavy atom. The largest absolute Gasteiger partial charge is 0.392 e. The topological polar surface area (TPSA) is 73.1 Å². The number of aliphatic hydroxyl groups is 1. The molecule has 0 fully saturated rings. The summed E-state index contributed by atoms with van der Waals surface area (Å²) in [5.74, 6) is -0.134. The molecule has 4 nitrogen and oxygen atoms in total. The minimum Gasteiger partial charge on any atom is -0.392 e. The predicted octanol–water partition coefficient (Wildman–Crippen LogP) is 0.598. The van der Waals surface area contributed by atoms with Gasteiger partial charge in [0.25, 0.3) is 0 Å². The molecule has 4 heteroatoms. The van der Waals surface area contributed by atoms with Gasteiger partial charge in [-0.05, 0) is 24.6 Å². The first-order chi connectivity index (χ1) is 7.61. The number of nitrogens with one attached hydrogen (secondary N) is 1. The molecule has 0 bridgehead atoms. The Morgan fingerprint density at radius 1 is 1.50 bits per heavy atom. The Morgan fingerprint density at radius 3 is 2.62 bits per heavy atom. The van der Waals surface area contributed by atoms with Crippen molar-refractivity contribution in [3.05, 3.63) is 35.4 Å². The molecule has 1 unspecified atom stereocenters. The number of rotatable bonds is 4. The van der Waals surface area contributed by atoms with Crippen LogP contribution in [0.5, 0.6) is 0 Å². The highest BCUT2D eigenvalue weighted by Gasteiger charge is 2.04. The summed E-state index contributed by atoms with van der Waals surface area (Å²) in [6.45, 7) is 1.87. The zero-order valence-electron chi connectivity index (χ0n) is 9.10. The van der Waals surface area contributed by atoms with Crippen LogP contribution in [0.15, 0.2) is 24.3 Å². The van der Waals surface area contributed by atoms with E-state index in [2.05, 4.69) is 5.32 Å². The average molecular weight is 218 g/mol. The maximum atomic E-state index is 11.4. The maximum Gasteiger partial charge on any atom is 0.224 e. The summed E-state index contributed by atoms with van der Waals surface area (Å²) in [4.78, 5) is 11.4. The van der Waals surface area contributed by atoms with Crippen LogP contribution in [-0.2, 0) is 11.2 Å². The number of nitrogens with zero attached hydrogens (tertiary/aromatic N) is 1. The van der Waals surface area contributed by atoms with E-state index in [1.807, 2.05) is 6.07 Å². The van der Waals surface area contributed by atoms with Gasteiger partial charge in [0.05, 0.1) is 24.2 Å². The van der Waals surface area contributed by atoms with Crippen LogP contribution in [-0.4, -0.2) is 23.7 Å². The number of carbonyl (C=O) groups excluding carboxylic acids is 1. The number of aliphatic hydroxyl groups excluding tert-OH is 1. The van der Waals surface area contributed by atoms with Crippen molar-refractivity contribution in [2.24, 2.45) is 0 Å². The van der Waals surface area contributed by atoms with Crippen LogP contribution < -0.4 is 5.32 Å². The highest BCUT2D eigenvalue weighted by molar-refractivity contribution is 5.78. The van der Waals surface area contributed by atoms with E-state index < -0.39 is 6.10 Å². The minimum absolute atomic E-state index is 0.134. The highest BCUT2D eigenvalue weighted by atomic mass is 16.3. The smallest absolute Gasteiger partial charge is 0.224 e. The monoisotopic (exact) mass is 218 g/mol. The van der Waals surface area contributed by atoms with Crippen LogP contribution >= 0.6 is 0 Å². The molecule has 0 aliphatic rings. The minimum atomic E-state index is -0.537. The van der Waals surface area contributed by atoms with Crippen LogP contribution in [0.1, 0.15) is 18.1 Å². The first-order valence-corrected chi connectivity index (χ1v) is 5.05. The van der Waals surface area contributed by atoms with Crippen molar-refractivity contribution in [3.8, 4) is 6.07 Å². The Hall–Kier alpha value is -1.86. The molecular formula is C12H14N2O2. The number of carbonyl (C=O) groups is 1. The van der Waals surface area contributed by atoms with Gasteiger partial charge < -0.3 is 10.4 Å². The average Bonchev–Trinajstić information content (AvgIpc) is 2.27. The molecule has 0 aromatic heterocycles. The zero-order valence-corrected chi connectivity index (χ0v) is 9.10. The lowest BCUT2D eigenvalue weighted by atomic mass is 10.1. The van der Waals surface area contributed by atoms with E-state index >= 15 is 0 Å². The van der Waals surface area contributed by atoms with Gasteiger partial charge in [-0.15, -0.1) is 0 Å². The molecule has 0 radical (unpaired) electrons. The third-order valence-electron chi connectivity index (χ3n) is 2.04. The van der Waals surface area contributed by atoms with Crippen LogP contribution in [0.25, 0.3) is 0 Å². The molecule has 0 spiro atoms. The lowest BCUT2D eigenvalue weighted by Crippen LogP contribution is -2.31. The molecule has 1 amide bonds. The molecule has 16 heavy (non-hydrogen) atoms. The lowest BCUT2D eigenvalue weighted by molar-refractivity contribution is -0.120. The molecule has 0 saturated carbocycles. The van der Waals surface area contributed by atoms with E-state index in [9.17, 15) is 4.79 Å². The molecular weight excluding hydrogens is 204 g/mol. The van der Waals surface area contributed by atoms with Gasteiger partial charge in [-0.25, -0.2) is 0 Å². The summed E-state index contributed by atoms with van der Waals surface area (Å²) in [5, 5.41) is 20.2. The number of hydrogen-bond donors (Lipinski definition) is 2. The first-order valence-electron chi connectivity index (χ1n) is 5.05. The molecule has 0 saturated heterocycles. The van der Waals surface area contributed by atoms with Gasteiger partial charge in [0.1, 0.15) is 0 Å². The summed E-state index contributed by atoms with van der Waals surface area (Å²) in [6, 6.07) is 8.87. The highest BCUT2D eigenvalue weighted by Crippen LogP contribution is 2.03. The first kappa shape index (κ1) is 12.2. The van der Waals surface area contributed by atoms with Crippen LogP contribution in [0.4, 0.5) is 0 Å². The van der Waals surface area contributed by atoms with Crippen molar-refractivity contribution < 1.29 is 9.90 Å². The van der Waals surface area contributed by atoms with E-state index in [1.165, 1.54) is 0 Å². The van der Waals surface area contributed by atoms with E-state index in [0.717, 1.165) is 5.56 Å². The van der Waals surface area contributed by atoms with Gasteiger partial charge in [0.2, 0.25) is 5.91 Å². The number of hydrogen-bond acceptors (Lipinski definition) is 3. The third-order valence-corrected chi connectivity index (χ3v) is 2.04. The Labute approximate surface area is 94.5 Å². The summed E-state index contributed by atoms with van der Waals surface area (Å²) >= 11 is 0. The van der Waals surface area contributed by atoms with Crippen molar-refractivity contribution in [2.45, 2.75) is 19.4 Å². The van der Waals surface area contributed by atoms with E-state index in [0.29, 0.717) is 5.56 Å². The molecule has 1 atom stereocenters. The second kappa shape index (κ2) is 5.89. The fraction of sp³-hybridized carbons (Fsp3) is 0.333. The van der Waals surface area contributed by atoms with Crippen LogP contribution in [0.3, 0.4) is 0 Å². The Kier molecular flexibility index (Phi) is 4.49. The molecule has 1 aromatic carbocycles. The van der Waals surface area contributed by atoms with E-state index in [-0.39, 0.29) is 18.9 Å². The standard InChI is InChI=1S/C12H14N2O2/c1-9(15)8-14-12(16)6-10-2-4-11(7-13)5-3-10/h2-5,9,15H,6,8H2,1H3,(H,14,16). The number of amides is 1. The fourth-order valence-corrected chi connectivity index (χ4v) is 1.21. The van der Waals surface area contributed by atoms with Crippen molar-refractivity contribution >= 4 is 5.91 Å². The number of nitriles is 1.